The van der Waals surface area contributed by atoms with Gasteiger partial charge in [-0.15, -0.1) is 5.10 Å². The maximum atomic E-state index is 13.1. The number of benzene rings is 2. The number of pyridine rings is 1. The van der Waals surface area contributed by atoms with Crippen LogP contribution in [0.2, 0.25) is 0 Å². The van der Waals surface area contributed by atoms with Gasteiger partial charge in [-0.05, 0) is 51.9 Å². The summed E-state index contributed by atoms with van der Waals surface area (Å²) in [6.45, 7) is 8.55. The van der Waals surface area contributed by atoms with E-state index in [4.69, 9.17) is 4.74 Å². The average molecular weight is 461 g/mol. The highest BCUT2D eigenvalue weighted by molar-refractivity contribution is 5.79. The highest BCUT2D eigenvalue weighted by Gasteiger charge is 2.30. The van der Waals surface area contributed by atoms with Gasteiger partial charge in [0.1, 0.15) is 0 Å². The number of H-pyrrole nitrogens is 1. The Hall–Kier alpha value is -3.36. The molecule has 2 aromatic heterocycles. The summed E-state index contributed by atoms with van der Waals surface area (Å²) in [5.41, 5.74) is 3.78. The van der Waals surface area contributed by atoms with Gasteiger partial charge in [0.25, 0.3) is 5.56 Å². The Morgan fingerprint density at radius 2 is 1.88 bits per heavy atom. The van der Waals surface area contributed by atoms with Gasteiger partial charge in [0.2, 0.25) is 0 Å². The number of aromatic amines is 1. The van der Waals surface area contributed by atoms with Crippen LogP contribution < -0.4 is 5.56 Å². The number of methoxy groups -OCH3 is 1. The third-order valence-electron chi connectivity index (χ3n) is 6.04. The zero-order chi connectivity index (χ0) is 24.1. The second-order valence-corrected chi connectivity index (χ2v) is 9.05. The first-order valence-electron chi connectivity index (χ1n) is 11.6. The Kier molecular flexibility index (Phi) is 7.49. The fraction of sp³-hybridized carbons (Fsp3) is 0.385. The van der Waals surface area contributed by atoms with Crippen molar-refractivity contribution in [1.29, 1.82) is 0 Å². The van der Waals surface area contributed by atoms with Crippen molar-refractivity contribution in [1.82, 2.24) is 30.1 Å². The van der Waals surface area contributed by atoms with Gasteiger partial charge in [-0.1, -0.05) is 56.3 Å². The predicted molar refractivity (Wildman–Crippen MR) is 132 cm³/mol. The second kappa shape index (κ2) is 10.7. The molecule has 0 radical (unpaired) electrons. The summed E-state index contributed by atoms with van der Waals surface area (Å²) in [7, 11) is 1.67. The summed E-state index contributed by atoms with van der Waals surface area (Å²) in [6, 6.07) is 18.3. The van der Waals surface area contributed by atoms with Crippen LogP contribution in [-0.2, 0) is 24.4 Å². The van der Waals surface area contributed by atoms with Crippen molar-refractivity contribution < 1.29 is 4.74 Å². The molecule has 0 amide bonds. The third kappa shape index (κ3) is 5.40. The number of hydrogen-bond donors (Lipinski definition) is 1. The summed E-state index contributed by atoms with van der Waals surface area (Å²) in [6.07, 6.45) is 0. The van der Waals surface area contributed by atoms with E-state index in [0.717, 1.165) is 27.9 Å². The van der Waals surface area contributed by atoms with E-state index in [1.807, 2.05) is 37.3 Å². The van der Waals surface area contributed by atoms with Crippen LogP contribution in [0.4, 0.5) is 0 Å². The SMILES string of the molecule is COCCn1nnnc1[C@@H](C(C)C)N(Cc1ccccc1)Cc1cc2ccc(C)cc2[nH]c1=O. The van der Waals surface area contributed by atoms with Crippen LogP contribution in [0.3, 0.4) is 0 Å². The molecular weight excluding hydrogens is 428 g/mol. The molecule has 0 spiro atoms. The molecule has 0 saturated heterocycles. The van der Waals surface area contributed by atoms with Gasteiger partial charge in [0, 0.05) is 31.3 Å². The van der Waals surface area contributed by atoms with Crippen molar-refractivity contribution in [2.75, 3.05) is 13.7 Å². The molecule has 8 nitrogen and oxygen atoms in total. The van der Waals surface area contributed by atoms with Crippen molar-refractivity contribution in [3.8, 4) is 0 Å². The molecule has 2 aromatic carbocycles. The van der Waals surface area contributed by atoms with Gasteiger partial charge < -0.3 is 9.72 Å². The van der Waals surface area contributed by atoms with Crippen molar-refractivity contribution in [2.24, 2.45) is 5.92 Å². The molecule has 178 valence electrons. The van der Waals surface area contributed by atoms with Crippen LogP contribution in [0.1, 0.15) is 42.4 Å². The fourth-order valence-corrected chi connectivity index (χ4v) is 4.41. The molecule has 0 fully saturated rings. The smallest absolute Gasteiger partial charge is 0.252 e. The molecule has 8 heteroatoms. The topological polar surface area (TPSA) is 88.9 Å². The van der Waals surface area contributed by atoms with E-state index in [0.29, 0.717) is 31.8 Å². The normalized spacial score (nSPS) is 12.6. The Morgan fingerprint density at radius 3 is 2.62 bits per heavy atom. The summed E-state index contributed by atoms with van der Waals surface area (Å²) in [5.74, 6) is 0.981. The van der Waals surface area contributed by atoms with Crippen molar-refractivity contribution in [2.45, 2.75) is 46.4 Å². The molecule has 4 aromatic rings. The summed E-state index contributed by atoms with van der Waals surface area (Å²) >= 11 is 0. The summed E-state index contributed by atoms with van der Waals surface area (Å²) in [5, 5.41) is 13.6. The van der Waals surface area contributed by atoms with Crippen LogP contribution in [0.25, 0.3) is 10.9 Å². The third-order valence-corrected chi connectivity index (χ3v) is 6.04. The molecule has 0 aliphatic carbocycles. The number of nitrogens with one attached hydrogen (secondary N) is 1. The first-order valence-corrected chi connectivity index (χ1v) is 11.6. The van der Waals surface area contributed by atoms with E-state index in [1.54, 1.807) is 11.8 Å². The zero-order valence-corrected chi connectivity index (χ0v) is 20.2. The molecule has 1 atom stereocenters. The van der Waals surface area contributed by atoms with E-state index in [2.05, 4.69) is 63.5 Å². The number of tetrazole rings is 1. The maximum absolute atomic E-state index is 13.1. The lowest BCUT2D eigenvalue weighted by molar-refractivity contribution is 0.121. The minimum absolute atomic E-state index is 0.0716. The lowest BCUT2D eigenvalue weighted by Crippen LogP contribution is -2.35. The summed E-state index contributed by atoms with van der Waals surface area (Å²) in [4.78, 5) is 18.4. The molecule has 0 bridgehead atoms. The quantitative estimate of drug-likeness (QED) is 0.386. The monoisotopic (exact) mass is 460 g/mol. The summed E-state index contributed by atoms with van der Waals surface area (Å²) < 4.78 is 7.06. The molecule has 34 heavy (non-hydrogen) atoms. The molecule has 4 rings (SSSR count). The van der Waals surface area contributed by atoms with Gasteiger partial charge >= 0.3 is 0 Å². The molecule has 2 heterocycles. The number of ether oxygens (including phenoxy) is 1. The molecule has 0 unspecified atom stereocenters. The average Bonchev–Trinajstić information content (AvgIpc) is 3.26. The lowest BCUT2D eigenvalue weighted by Gasteiger charge is -2.33. The second-order valence-electron chi connectivity index (χ2n) is 9.05. The maximum Gasteiger partial charge on any atom is 0.252 e. The molecule has 1 N–H and O–H groups in total. The van der Waals surface area contributed by atoms with Crippen LogP contribution in [-0.4, -0.2) is 43.8 Å². The number of rotatable bonds is 10. The fourth-order valence-electron chi connectivity index (χ4n) is 4.41. The molecular formula is C26H32N6O2. The van der Waals surface area contributed by atoms with Gasteiger partial charge in [-0.25, -0.2) is 4.68 Å². The van der Waals surface area contributed by atoms with Gasteiger partial charge in [0.15, 0.2) is 5.82 Å². The van der Waals surface area contributed by atoms with Gasteiger partial charge in [-0.3, -0.25) is 9.69 Å². The van der Waals surface area contributed by atoms with E-state index < -0.39 is 0 Å². The van der Waals surface area contributed by atoms with Crippen LogP contribution in [0.15, 0.2) is 59.4 Å². The standard InChI is InChI=1S/C26H32N6O2/c1-18(2)24(25-28-29-30-32(25)12-13-34-4)31(16-20-8-6-5-7-9-20)17-22-15-21-11-10-19(3)14-23(21)27-26(22)33/h5-11,14-15,18,24H,12-13,16-17H2,1-4H3,(H,27,33)/t24-/m1/s1. The largest absolute Gasteiger partial charge is 0.383 e. The van der Waals surface area contributed by atoms with E-state index in [9.17, 15) is 4.79 Å². The Labute approximate surface area is 199 Å². The molecule has 0 saturated carbocycles. The number of fused-ring (bicyclic) bond motifs is 1. The van der Waals surface area contributed by atoms with Gasteiger partial charge in [0.05, 0.1) is 19.2 Å². The molecule has 0 aliphatic heterocycles. The van der Waals surface area contributed by atoms with Crippen LogP contribution in [0, 0.1) is 12.8 Å². The van der Waals surface area contributed by atoms with E-state index in [1.165, 1.54) is 0 Å². The predicted octanol–water partition coefficient (Wildman–Crippen LogP) is 3.87. The highest BCUT2D eigenvalue weighted by Crippen LogP contribution is 2.30. The highest BCUT2D eigenvalue weighted by atomic mass is 16.5. The van der Waals surface area contributed by atoms with Crippen LogP contribution >= 0.6 is 0 Å². The Morgan fingerprint density at radius 1 is 1.09 bits per heavy atom. The zero-order valence-electron chi connectivity index (χ0n) is 20.2. The lowest BCUT2D eigenvalue weighted by atomic mass is 9.99. The first kappa shape index (κ1) is 23.8. The van der Waals surface area contributed by atoms with Gasteiger partial charge in [-0.2, -0.15) is 0 Å². The van der Waals surface area contributed by atoms with Crippen LogP contribution in [0.5, 0.6) is 0 Å². The van der Waals surface area contributed by atoms with Crippen molar-refractivity contribution in [3.05, 3.63) is 87.5 Å². The first-order chi connectivity index (χ1) is 16.5. The number of aryl methyl sites for hydroxylation is 1. The number of hydrogen-bond acceptors (Lipinski definition) is 6. The Balaban J connectivity index is 1.75. The van der Waals surface area contributed by atoms with E-state index in [-0.39, 0.29) is 17.5 Å². The number of aromatic nitrogens is 5. The van der Waals surface area contributed by atoms with Crippen molar-refractivity contribution >= 4 is 10.9 Å². The van der Waals surface area contributed by atoms with Crippen molar-refractivity contribution in [3.63, 3.8) is 0 Å². The minimum Gasteiger partial charge on any atom is -0.383 e. The Bertz CT molecular complexity index is 1280. The van der Waals surface area contributed by atoms with E-state index >= 15 is 0 Å². The molecule has 0 aliphatic rings. The number of nitrogens with zero attached hydrogens (tertiary/aromatic N) is 5. The minimum atomic E-state index is -0.0971.